The van der Waals surface area contributed by atoms with Crippen LogP contribution in [0.5, 0.6) is 5.75 Å². The number of carbonyl (C=O) groups excluding carboxylic acids is 2. The first-order valence-corrected chi connectivity index (χ1v) is 8.86. The number of hydrogen-bond donors (Lipinski definition) is 0. The molecule has 2 aromatic rings. The fourth-order valence-electron chi connectivity index (χ4n) is 2.83. The first kappa shape index (κ1) is 17.9. The lowest BCUT2D eigenvalue weighted by atomic mass is 9.98. The van der Waals surface area contributed by atoms with E-state index in [-0.39, 0.29) is 30.4 Å². The molecule has 1 aliphatic rings. The van der Waals surface area contributed by atoms with Gasteiger partial charge in [-0.1, -0.05) is 50.2 Å². The van der Waals surface area contributed by atoms with E-state index in [4.69, 9.17) is 4.74 Å². The number of anilines is 1. The summed E-state index contributed by atoms with van der Waals surface area (Å²) in [5, 5.41) is 5.53. The van der Waals surface area contributed by atoms with Crippen LogP contribution in [-0.4, -0.2) is 17.6 Å². The molecule has 0 fully saturated rings. The second kappa shape index (κ2) is 7.95. The molecule has 134 valence electrons. The van der Waals surface area contributed by atoms with Gasteiger partial charge in [-0.15, -0.1) is 0 Å². The Hall–Kier alpha value is -2.95. The van der Waals surface area contributed by atoms with Gasteiger partial charge in [0.1, 0.15) is 11.5 Å². The van der Waals surface area contributed by atoms with Gasteiger partial charge < -0.3 is 4.74 Å². The molecule has 5 heteroatoms. The molecule has 0 spiro atoms. The predicted molar refractivity (Wildman–Crippen MR) is 101 cm³/mol. The van der Waals surface area contributed by atoms with Gasteiger partial charge in [-0.2, -0.15) is 5.10 Å². The second-order valence-corrected chi connectivity index (χ2v) is 6.32. The van der Waals surface area contributed by atoms with Crippen molar-refractivity contribution in [2.75, 3.05) is 5.01 Å². The molecule has 1 amide bonds. The largest absolute Gasteiger partial charge is 0.422 e. The monoisotopic (exact) mass is 350 g/mol. The number of nitrogens with zero attached hydrogens (tertiary/aromatic N) is 2. The van der Waals surface area contributed by atoms with Crippen molar-refractivity contribution in [2.45, 2.75) is 39.0 Å². The molecule has 0 N–H and O–H groups in total. The minimum atomic E-state index is -0.505. The fourth-order valence-corrected chi connectivity index (χ4v) is 2.83. The molecule has 3 rings (SSSR count). The summed E-state index contributed by atoms with van der Waals surface area (Å²) < 4.78 is 5.62. The molecule has 0 saturated carbocycles. The summed E-state index contributed by atoms with van der Waals surface area (Å²) in [5.74, 6) is 0.203. The van der Waals surface area contributed by atoms with Crippen LogP contribution in [0.4, 0.5) is 5.69 Å². The number of amides is 1. The van der Waals surface area contributed by atoms with Gasteiger partial charge in [-0.3, -0.25) is 4.79 Å². The third-order valence-corrected chi connectivity index (χ3v) is 4.53. The highest BCUT2D eigenvalue weighted by atomic mass is 16.5. The van der Waals surface area contributed by atoms with Crippen LogP contribution in [0.15, 0.2) is 59.7 Å². The molecule has 0 saturated heterocycles. The maximum Gasteiger partial charge on any atom is 0.359 e. The van der Waals surface area contributed by atoms with E-state index in [9.17, 15) is 9.59 Å². The molecular weight excluding hydrogens is 328 g/mol. The van der Waals surface area contributed by atoms with Crippen molar-refractivity contribution in [3.05, 3.63) is 60.2 Å². The summed E-state index contributed by atoms with van der Waals surface area (Å²) in [5.41, 5.74) is 1.89. The molecule has 0 aromatic heterocycles. The first-order valence-electron chi connectivity index (χ1n) is 8.86. The Morgan fingerprint density at radius 1 is 1.12 bits per heavy atom. The van der Waals surface area contributed by atoms with E-state index in [1.165, 1.54) is 5.01 Å². The number of carbonyl (C=O) groups is 2. The Labute approximate surface area is 153 Å². The maximum atomic E-state index is 12.6. The Bertz CT molecular complexity index is 830. The Morgan fingerprint density at radius 3 is 2.54 bits per heavy atom. The number of hydrogen-bond acceptors (Lipinski definition) is 4. The molecule has 5 nitrogen and oxygen atoms in total. The van der Waals surface area contributed by atoms with Crippen molar-refractivity contribution in [1.82, 2.24) is 0 Å². The van der Waals surface area contributed by atoms with Gasteiger partial charge in [0.25, 0.3) is 0 Å². The molecule has 2 aromatic carbocycles. The van der Waals surface area contributed by atoms with E-state index >= 15 is 0 Å². The van der Waals surface area contributed by atoms with Crippen molar-refractivity contribution < 1.29 is 14.3 Å². The zero-order valence-electron chi connectivity index (χ0n) is 15.0. The second-order valence-electron chi connectivity index (χ2n) is 6.32. The SMILES string of the molecule is CCC(C)c1ccccc1OC(=O)C1=NN(c2ccccc2)C(=O)CC1. The lowest BCUT2D eigenvalue weighted by molar-refractivity contribution is -0.127. The van der Waals surface area contributed by atoms with Crippen LogP contribution in [0, 0.1) is 0 Å². The van der Waals surface area contributed by atoms with Crippen LogP contribution in [0.3, 0.4) is 0 Å². The van der Waals surface area contributed by atoms with Gasteiger partial charge in [0.2, 0.25) is 5.91 Å². The summed E-state index contributed by atoms with van der Waals surface area (Å²) >= 11 is 0. The van der Waals surface area contributed by atoms with Gasteiger partial charge in [0.15, 0.2) is 0 Å². The summed E-state index contributed by atoms with van der Waals surface area (Å²) in [6, 6.07) is 16.6. The zero-order valence-corrected chi connectivity index (χ0v) is 15.0. The van der Waals surface area contributed by atoms with Crippen LogP contribution in [-0.2, 0) is 9.59 Å². The minimum Gasteiger partial charge on any atom is -0.422 e. The highest BCUT2D eigenvalue weighted by Gasteiger charge is 2.27. The molecule has 0 radical (unpaired) electrons. The fraction of sp³-hybridized carbons (Fsp3) is 0.286. The van der Waals surface area contributed by atoms with Crippen molar-refractivity contribution >= 4 is 23.3 Å². The molecule has 1 aliphatic heterocycles. The quantitative estimate of drug-likeness (QED) is 0.597. The normalized spacial score (nSPS) is 15.4. The first-order chi connectivity index (χ1) is 12.6. The predicted octanol–water partition coefficient (Wildman–Crippen LogP) is 4.29. The Balaban J connectivity index is 1.83. The Kier molecular flexibility index (Phi) is 5.46. The van der Waals surface area contributed by atoms with E-state index in [0.717, 1.165) is 12.0 Å². The zero-order chi connectivity index (χ0) is 18.5. The van der Waals surface area contributed by atoms with Gasteiger partial charge >= 0.3 is 5.97 Å². The van der Waals surface area contributed by atoms with E-state index < -0.39 is 5.97 Å². The molecule has 0 bridgehead atoms. The van der Waals surface area contributed by atoms with Crippen LogP contribution in [0.25, 0.3) is 0 Å². The molecule has 1 heterocycles. The third-order valence-electron chi connectivity index (χ3n) is 4.53. The number of hydrazone groups is 1. The van der Waals surface area contributed by atoms with Crippen LogP contribution < -0.4 is 9.75 Å². The average Bonchev–Trinajstić information content (AvgIpc) is 2.68. The topological polar surface area (TPSA) is 59.0 Å². The van der Waals surface area contributed by atoms with Crippen molar-refractivity contribution in [3.63, 3.8) is 0 Å². The summed E-state index contributed by atoms with van der Waals surface area (Å²) in [6.07, 6.45) is 1.47. The van der Waals surface area contributed by atoms with Gasteiger partial charge in [-0.25, -0.2) is 9.80 Å². The standard InChI is InChI=1S/C21H22N2O3/c1-3-15(2)17-11-7-8-12-19(17)26-21(25)18-13-14-20(24)23(22-18)16-9-5-4-6-10-16/h4-12,15H,3,13-14H2,1-2H3. The number of ether oxygens (including phenoxy) is 1. The van der Waals surface area contributed by atoms with E-state index in [1.54, 1.807) is 18.2 Å². The van der Waals surface area contributed by atoms with Gasteiger partial charge in [0, 0.05) is 12.8 Å². The number of esters is 1. The average molecular weight is 350 g/mol. The number of rotatable bonds is 5. The summed E-state index contributed by atoms with van der Waals surface area (Å²) in [4.78, 5) is 24.8. The number of benzene rings is 2. The maximum absolute atomic E-state index is 12.6. The third kappa shape index (κ3) is 3.82. The summed E-state index contributed by atoms with van der Waals surface area (Å²) in [6.45, 7) is 4.19. The van der Waals surface area contributed by atoms with E-state index in [0.29, 0.717) is 11.4 Å². The molecule has 26 heavy (non-hydrogen) atoms. The summed E-state index contributed by atoms with van der Waals surface area (Å²) in [7, 11) is 0. The smallest absolute Gasteiger partial charge is 0.359 e. The molecular formula is C21H22N2O3. The van der Waals surface area contributed by atoms with E-state index in [1.807, 2.05) is 36.4 Å². The molecule has 0 aliphatic carbocycles. The molecule has 1 atom stereocenters. The lowest BCUT2D eigenvalue weighted by Crippen LogP contribution is -2.35. The van der Waals surface area contributed by atoms with Crippen molar-refractivity contribution in [1.29, 1.82) is 0 Å². The number of para-hydroxylation sites is 2. The minimum absolute atomic E-state index is 0.132. The molecule has 1 unspecified atom stereocenters. The van der Waals surface area contributed by atoms with Crippen LogP contribution in [0.1, 0.15) is 44.6 Å². The van der Waals surface area contributed by atoms with Gasteiger partial charge in [0.05, 0.1) is 5.69 Å². The van der Waals surface area contributed by atoms with Crippen molar-refractivity contribution in [3.8, 4) is 5.75 Å². The van der Waals surface area contributed by atoms with Crippen LogP contribution >= 0.6 is 0 Å². The van der Waals surface area contributed by atoms with Gasteiger partial charge in [-0.05, 0) is 36.1 Å². The highest BCUT2D eigenvalue weighted by molar-refractivity contribution is 6.38. The Morgan fingerprint density at radius 2 is 1.81 bits per heavy atom. The van der Waals surface area contributed by atoms with Crippen LogP contribution in [0.2, 0.25) is 0 Å². The van der Waals surface area contributed by atoms with E-state index in [2.05, 4.69) is 18.9 Å². The lowest BCUT2D eigenvalue weighted by Gasteiger charge is -2.23. The highest BCUT2D eigenvalue weighted by Crippen LogP contribution is 2.29. The van der Waals surface area contributed by atoms with Crippen molar-refractivity contribution in [2.24, 2.45) is 5.10 Å².